The van der Waals surface area contributed by atoms with E-state index in [-0.39, 0.29) is 18.1 Å². The molecule has 0 spiro atoms. The maximum Gasteiger partial charge on any atom is 0.237 e. The molecule has 2 aromatic rings. The molecule has 156 valence electrons. The Morgan fingerprint density at radius 2 is 1.60 bits per heavy atom. The Labute approximate surface area is 175 Å². The van der Waals surface area contributed by atoms with E-state index in [0.29, 0.717) is 43.0 Å². The second-order valence-corrected chi connectivity index (χ2v) is 9.16. The van der Waals surface area contributed by atoms with Gasteiger partial charge in [0.15, 0.2) is 9.84 Å². The molecule has 1 aromatic carbocycles. The quantitative estimate of drug-likeness (QED) is 0.675. The summed E-state index contributed by atoms with van der Waals surface area (Å²) in [5.41, 5.74) is 1.67. The molecule has 2 amide bonds. The van der Waals surface area contributed by atoms with Crippen molar-refractivity contribution in [1.82, 2.24) is 14.8 Å². The number of hydrogen-bond acceptors (Lipinski definition) is 6. The van der Waals surface area contributed by atoms with Crippen molar-refractivity contribution in [2.45, 2.75) is 12.2 Å². The Bertz CT molecular complexity index is 1040. The smallest absolute Gasteiger partial charge is 0.237 e. The molecule has 0 aliphatic carbocycles. The van der Waals surface area contributed by atoms with Crippen LogP contribution in [-0.4, -0.2) is 66.9 Å². The van der Waals surface area contributed by atoms with Gasteiger partial charge in [0, 0.05) is 38.1 Å². The molecule has 0 radical (unpaired) electrons. The molecule has 0 bridgehead atoms. The third-order valence-corrected chi connectivity index (χ3v) is 6.32. The fourth-order valence-electron chi connectivity index (χ4n) is 3.23. The van der Waals surface area contributed by atoms with Gasteiger partial charge in [-0.1, -0.05) is 18.2 Å². The van der Waals surface area contributed by atoms with Gasteiger partial charge < -0.3 is 9.80 Å². The van der Waals surface area contributed by atoms with E-state index in [1.807, 2.05) is 12.1 Å². The average molecular weight is 426 g/mol. The van der Waals surface area contributed by atoms with E-state index in [1.165, 1.54) is 4.90 Å². The van der Waals surface area contributed by atoms with Crippen LogP contribution in [0.1, 0.15) is 16.8 Å². The molecule has 1 saturated heterocycles. The van der Waals surface area contributed by atoms with Gasteiger partial charge in [0.05, 0.1) is 23.8 Å². The molecule has 1 fully saturated rings. The lowest BCUT2D eigenvalue weighted by Crippen LogP contribution is -2.52. The maximum atomic E-state index is 12.5. The lowest BCUT2D eigenvalue weighted by Gasteiger charge is -2.34. The van der Waals surface area contributed by atoms with Crippen molar-refractivity contribution in [3.8, 4) is 6.07 Å². The van der Waals surface area contributed by atoms with Gasteiger partial charge in [0.1, 0.15) is 5.75 Å². The van der Waals surface area contributed by atoms with Crippen LogP contribution < -0.4 is 0 Å². The summed E-state index contributed by atoms with van der Waals surface area (Å²) >= 11 is 0. The summed E-state index contributed by atoms with van der Waals surface area (Å²) in [7, 11) is -3.64. The van der Waals surface area contributed by atoms with Gasteiger partial charge in [-0.2, -0.15) is 5.26 Å². The SMILES string of the molecule is N#Cc1ccc(CS(=O)(=O)CC(=O)N2CCN(C(=O)Cc3ccccn3)CC2)cc1. The van der Waals surface area contributed by atoms with E-state index in [1.54, 1.807) is 47.5 Å². The van der Waals surface area contributed by atoms with Gasteiger partial charge >= 0.3 is 0 Å². The van der Waals surface area contributed by atoms with Gasteiger partial charge in [-0.3, -0.25) is 14.6 Å². The van der Waals surface area contributed by atoms with Crippen LogP contribution in [0.5, 0.6) is 0 Å². The number of pyridine rings is 1. The molecule has 1 aliphatic heterocycles. The highest BCUT2D eigenvalue weighted by Crippen LogP contribution is 2.11. The zero-order valence-electron chi connectivity index (χ0n) is 16.4. The standard InChI is InChI=1S/C21H22N4O4S/c22-14-17-4-6-18(7-5-17)15-30(28,29)16-21(27)25-11-9-24(10-12-25)20(26)13-19-3-1-2-8-23-19/h1-8H,9-13,15-16H2. The Hall–Kier alpha value is -3.25. The highest BCUT2D eigenvalue weighted by molar-refractivity contribution is 7.91. The predicted octanol–water partition coefficient (Wildman–Crippen LogP) is 0.782. The third kappa shape index (κ3) is 5.87. The number of hydrogen-bond donors (Lipinski definition) is 0. The molecule has 1 aromatic heterocycles. The minimum absolute atomic E-state index is 0.0609. The van der Waals surface area contributed by atoms with Crippen LogP contribution in [0.15, 0.2) is 48.7 Å². The number of nitrogens with zero attached hydrogens (tertiary/aromatic N) is 4. The first-order chi connectivity index (χ1) is 14.4. The van der Waals surface area contributed by atoms with E-state index in [4.69, 9.17) is 5.26 Å². The summed E-state index contributed by atoms with van der Waals surface area (Å²) in [5.74, 6) is -1.35. The first-order valence-electron chi connectivity index (χ1n) is 9.51. The number of piperazine rings is 1. The number of carbonyl (C=O) groups is 2. The third-order valence-electron chi connectivity index (χ3n) is 4.86. The van der Waals surface area contributed by atoms with E-state index >= 15 is 0 Å². The van der Waals surface area contributed by atoms with Crippen molar-refractivity contribution in [2.75, 3.05) is 31.9 Å². The molecule has 0 atom stereocenters. The number of nitriles is 1. The molecule has 0 N–H and O–H groups in total. The maximum absolute atomic E-state index is 12.5. The van der Waals surface area contributed by atoms with Crippen LogP contribution in [-0.2, 0) is 31.6 Å². The lowest BCUT2D eigenvalue weighted by molar-refractivity contribution is -0.137. The van der Waals surface area contributed by atoms with E-state index in [2.05, 4.69) is 4.98 Å². The normalized spacial score (nSPS) is 14.2. The monoisotopic (exact) mass is 426 g/mol. The molecule has 3 rings (SSSR count). The first kappa shape index (κ1) is 21.5. The van der Waals surface area contributed by atoms with Gasteiger partial charge in [-0.25, -0.2) is 8.42 Å². The van der Waals surface area contributed by atoms with Crippen LogP contribution in [0.4, 0.5) is 0 Å². The van der Waals surface area contributed by atoms with Gasteiger partial charge in [0.25, 0.3) is 0 Å². The largest absolute Gasteiger partial charge is 0.339 e. The van der Waals surface area contributed by atoms with Gasteiger partial charge in [0.2, 0.25) is 11.8 Å². The minimum Gasteiger partial charge on any atom is -0.339 e. The van der Waals surface area contributed by atoms with Crippen molar-refractivity contribution in [3.05, 3.63) is 65.5 Å². The number of benzene rings is 1. The van der Waals surface area contributed by atoms with Crippen LogP contribution >= 0.6 is 0 Å². The Morgan fingerprint density at radius 3 is 2.17 bits per heavy atom. The molecular formula is C21H22N4O4S. The van der Waals surface area contributed by atoms with E-state index in [0.717, 1.165) is 0 Å². The Morgan fingerprint density at radius 1 is 0.967 bits per heavy atom. The average Bonchev–Trinajstić information content (AvgIpc) is 2.74. The van der Waals surface area contributed by atoms with E-state index in [9.17, 15) is 18.0 Å². The van der Waals surface area contributed by atoms with Crippen molar-refractivity contribution in [2.24, 2.45) is 0 Å². The van der Waals surface area contributed by atoms with Crippen molar-refractivity contribution >= 4 is 21.7 Å². The zero-order chi connectivity index (χ0) is 21.6. The molecule has 9 heteroatoms. The van der Waals surface area contributed by atoms with Crippen LogP contribution in [0.3, 0.4) is 0 Å². The summed E-state index contributed by atoms with van der Waals surface area (Å²) in [5, 5.41) is 8.80. The van der Waals surface area contributed by atoms with Crippen molar-refractivity contribution in [1.29, 1.82) is 5.26 Å². The Kier molecular flexibility index (Phi) is 6.79. The number of amides is 2. The fraction of sp³-hybridized carbons (Fsp3) is 0.333. The lowest BCUT2D eigenvalue weighted by atomic mass is 10.2. The molecule has 1 aliphatic rings. The molecule has 0 saturated carbocycles. The number of sulfone groups is 1. The molecule has 8 nitrogen and oxygen atoms in total. The fourth-order valence-corrected chi connectivity index (χ4v) is 4.60. The van der Waals surface area contributed by atoms with Crippen LogP contribution in [0.2, 0.25) is 0 Å². The zero-order valence-corrected chi connectivity index (χ0v) is 17.2. The summed E-state index contributed by atoms with van der Waals surface area (Å²) in [6.45, 7) is 1.35. The van der Waals surface area contributed by atoms with Gasteiger partial charge in [-0.05, 0) is 29.8 Å². The topological polar surface area (TPSA) is 111 Å². The summed E-state index contributed by atoms with van der Waals surface area (Å²) in [6, 6.07) is 13.6. The van der Waals surface area contributed by atoms with Gasteiger partial charge in [-0.15, -0.1) is 0 Å². The van der Waals surface area contributed by atoms with Crippen LogP contribution in [0, 0.1) is 11.3 Å². The molecule has 0 unspecified atom stereocenters. The Balaban J connectivity index is 1.49. The molecule has 2 heterocycles. The summed E-state index contributed by atoms with van der Waals surface area (Å²) in [6.07, 6.45) is 1.84. The second-order valence-electron chi connectivity index (χ2n) is 7.10. The highest BCUT2D eigenvalue weighted by atomic mass is 32.2. The second kappa shape index (κ2) is 9.50. The highest BCUT2D eigenvalue weighted by Gasteiger charge is 2.27. The number of carbonyl (C=O) groups excluding carboxylic acids is 2. The van der Waals surface area contributed by atoms with E-state index < -0.39 is 21.5 Å². The number of rotatable bonds is 6. The van der Waals surface area contributed by atoms with Crippen molar-refractivity contribution in [3.63, 3.8) is 0 Å². The number of aromatic nitrogens is 1. The molecular weight excluding hydrogens is 404 g/mol. The summed E-state index contributed by atoms with van der Waals surface area (Å²) < 4.78 is 24.8. The summed E-state index contributed by atoms with van der Waals surface area (Å²) in [4.78, 5) is 32.2. The predicted molar refractivity (Wildman–Crippen MR) is 110 cm³/mol. The minimum atomic E-state index is -3.64. The van der Waals surface area contributed by atoms with Crippen molar-refractivity contribution < 1.29 is 18.0 Å². The first-order valence-corrected chi connectivity index (χ1v) is 11.3. The molecule has 30 heavy (non-hydrogen) atoms. The van der Waals surface area contributed by atoms with Crippen LogP contribution in [0.25, 0.3) is 0 Å².